The van der Waals surface area contributed by atoms with E-state index in [-0.39, 0.29) is 0 Å². The van der Waals surface area contributed by atoms with Crippen LogP contribution >= 0.6 is 11.3 Å². The average molecular weight is 331 g/mol. The molecule has 5 heteroatoms. The second-order valence-electron chi connectivity index (χ2n) is 7.19. The summed E-state index contributed by atoms with van der Waals surface area (Å²) in [7, 11) is 0. The van der Waals surface area contributed by atoms with Gasteiger partial charge in [0.15, 0.2) is 0 Å². The van der Waals surface area contributed by atoms with E-state index in [0.29, 0.717) is 5.92 Å². The van der Waals surface area contributed by atoms with Crippen LogP contribution in [0.3, 0.4) is 0 Å². The van der Waals surface area contributed by atoms with E-state index < -0.39 is 0 Å². The zero-order chi connectivity index (χ0) is 16.0. The van der Waals surface area contributed by atoms with Crippen molar-refractivity contribution in [1.29, 1.82) is 0 Å². The molecule has 1 aliphatic carbocycles. The highest BCUT2D eigenvalue weighted by Gasteiger charge is 2.26. The smallest absolute Gasteiger partial charge is 0.141 e. The molecular formula is C18H25N3OS. The number of aromatic nitrogens is 2. The van der Waals surface area contributed by atoms with Crippen molar-refractivity contribution < 1.29 is 4.74 Å². The molecular weight excluding hydrogens is 306 g/mol. The van der Waals surface area contributed by atoms with E-state index in [0.717, 1.165) is 43.9 Å². The number of hydrogen-bond acceptors (Lipinski definition) is 5. The summed E-state index contributed by atoms with van der Waals surface area (Å²) in [6.07, 6.45) is 3.67. The highest BCUT2D eigenvalue weighted by molar-refractivity contribution is 7.19. The Morgan fingerprint density at radius 2 is 2.00 bits per heavy atom. The number of morpholine rings is 1. The maximum atomic E-state index is 5.54. The molecule has 0 saturated carbocycles. The molecule has 124 valence electrons. The van der Waals surface area contributed by atoms with Crippen LogP contribution in [0.5, 0.6) is 0 Å². The number of hydrogen-bond donors (Lipinski definition) is 0. The Hall–Kier alpha value is -1.20. The van der Waals surface area contributed by atoms with Crippen LogP contribution in [-0.2, 0) is 17.6 Å². The minimum atomic E-state index is 0.359. The van der Waals surface area contributed by atoms with Crippen molar-refractivity contribution in [3.63, 3.8) is 0 Å². The second kappa shape index (κ2) is 6.02. The van der Waals surface area contributed by atoms with Crippen LogP contribution in [0.1, 0.15) is 49.4 Å². The molecule has 2 aromatic heterocycles. The summed E-state index contributed by atoms with van der Waals surface area (Å²) in [4.78, 5) is 15.0. The number of ether oxygens (including phenoxy) is 1. The molecule has 0 bridgehead atoms. The molecule has 1 aliphatic heterocycles. The zero-order valence-electron chi connectivity index (χ0n) is 14.3. The SMILES string of the molecule is CC(C)c1nc(N2CCOCC2)c2c3c(sc2n1)C[C@@H](C)CC3. The first-order valence-corrected chi connectivity index (χ1v) is 9.60. The van der Waals surface area contributed by atoms with E-state index in [1.165, 1.54) is 35.0 Å². The largest absolute Gasteiger partial charge is 0.378 e. The Morgan fingerprint density at radius 3 is 2.74 bits per heavy atom. The fourth-order valence-electron chi connectivity index (χ4n) is 3.60. The van der Waals surface area contributed by atoms with Crippen LogP contribution in [-0.4, -0.2) is 36.3 Å². The lowest BCUT2D eigenvalue weighted by Crippen LogP contribution is -2.37. The summed E-state index contributed by atoms with van der Waals surface area (Å²) in [5, 5.41) is 1.34. The fourth-order valence-corrected chi connectivity index (χ4v) is 4.99. The Labute approximate surface area is 141 Å². The number of thiophene rings is 1. The molecule has 0 N–H and O–H groups in total. The average Bonchev–Trinajstić information content (AvgIpc) is 2.91. The van der Waals surface area contributed by atoms with E-state index in [9.17, 15) is 0 Å². The van der Waals surface area contributed by atoms with Gasteiger partial charge in [-0.3, -0.25) is 0 Å². The first-order valence-electron chi connectivity index (χ1n) is 8.78. The van der Waals surface area contributed by atoms with Crippen LogP contribution in [0.25, 0.3) is 10.2 Å². The molecule has 0 aromatic carbocycles. The van der Waals surface area contributed by atoms with Crippen molar-refractivity contribution >= 4 is 27.4 Å². The Bertz CT molecular complexity index is 719. The highest BCUT2D eigenvalue weighted by Crippen LogP contribution is 2.41. The molecule has 0 radical (unpaired) electrons. The number of anilines is 1. The molecule has 4 nitrogen and oxygen atoms in total. The van der Waals surface area contributed by atoms with E-state index >= 15 is 0 Å². The third-order valence-electron chi connectivity index (χ3n) is 4.98. The summed E-state index contributed by atoms with van der Waals surface area (Å²) in [5.41, 5.74) is 1.53. The molecule has 23 heavy (non-hydrogen) atoms. The first-order chi connectivity index (χ1) is 11.1. The van der Waals surface area contributed by atoms with Crippen LogP contribution < -0.4 is 4.90 Å². The van der Waals surface area contributed by atoms with Gasteiger partial charge in [-0.2, -0.15) is 0 Å². The van der Waals surface area contributed by atoms with Crippen molar-refractivity contribution in [2.45, 2.75) is 46.0 Å². The van der Waals surface area contributed by atoms with Crippen molar-refractivity contribution in [1.82, 2.24) is 9.97 Å². The molecule has 0 amide bonds. The maximum absolute atomic E-state index is 5.54. The minimum Gasteiger partial charge on any atom is -0.378 e. The van der Waals surface area contributed by atoms with Gasteiger partial charge in [0, 0.05) is 23.9 Å². The van der Waals surface area contributed by atoms with E-state index in [1.807, 2.05) is 11.3 Å². The van der Waals surface area contributed by atoms with Crippen molar-refractivity contribution in [3.05, 3.63) is 16.3 Å². The Balaban J connectivity index is 1.90. The fraction of sp³-hybridized carbons (Fsp3) is 0.667. The van der Waals surface area contributed by atoms with E-state index in [1.54, 1.807) is 4.88 Å². The second-order valence-corrected chi connectivity index (χ2v) is 8.28. The summed E-state index contributed by atoms with van der Waals surface area (Å²) in [6, 6.07) is 0. The lowest BCUT2D eigenvalue weighted by molar-refractivity contribution is 0.122. The van der Waals surface area contributed by atoms with Gasteiger partial charge in [0.2, 0.25) is 0 Å². The van der Waals surface area contributed by atoms with Gasteiger partial charge in [-0.05, 0) is 30.7 Å². The summed E-state index contributed by atoms with van der Waals surface area (Å²) >= 11 is 1.90. The monoisotopic (exact) mass is 331 g/mol. The zero-order valence-corrected chi connectivity index (χ0v) is 15.1. The topological polar surface area (TPSA) is 38.2 Å². The number of rotatable bonds is 2. The lowest BCUT2D eigenvalue weighted by Gasteiger charge is -2.29. The highest BCUT2D eigenvalue weighted by atomic mass is 32.1. The molecule has 2 aromatic rings. The predicted molar refractivity (Wildman–Crippen MR) is 95.7 cm³/mol. The van der Waals surface area contributed by atoms with Gasteiger partial charge in [-0.25, -0.2) is 9.97 Å². The normalized spacial score (nSPS) is 21.9. The summed E-state index contributed by atoms with van der Waals surface area (Å²) < 4.78 is 5.54. The van der Waals surface area contributed by atoms with Gasteiger partial charge < -0.3 is 9.64 Å². The van der Waals surface area contributed by atoms with Gasteiger partial charge in [-0.15, -0.1) is 11.3 Å². The number of fused-ring (bicyclic) bond motifs is 3. The Morgan fingerprint density at radius 1 is 1.22 bits per heavy atom. The lowest BCUT2D eigenvalue weighted by atomic mass is 9.89. The summed E-state index contributed by atoms with van der Waals surface area (Å²) in [6.45, 7) is 10.2. The standard InChI is InChI=1S/C18H25N3OS/c1-11(2)16-19-17(21-6-8-22-9-7-21)15-13-5-4-12(3)10-14(13)23-18(15)20-16/h11-12H,4-10H2,1-3H3/t12-/m0/s1. The molecule has 3 heterocycles. The number of nitrogens with zero attached hydrogens (tertiary/aromatic N) is 3. The molecule has 1 fully saturated rings. The molecule has 1 atom stereocenters. The molecule has 1 saturated heterocycles. The van der Waals surface area contributed by atoms with Gasteiger partial charge in [0.05, 0.1) is 18.6 Å². The maximum Gasteiger partial charge on any atom is 0.141 e. The van der Waals surface area contributed by atoms with Gasteiger partial charge >= 0.3 is 0 Å². The molecule has 0 unspecified atom stereocenters. The molecule has 4 rings (SSSR count). The first kappa shape index (κ1) is 15.3. The predicted octanol–water partition coefficient (Wildman–Crippen LogP) is 3.78. The third-order valence-corrected chi connectivity index (χ3v) is 6.13. The van der Waals surface area contributed by atoms with Crippen molar-refractivity contribution in [2.24, 2.45) is 5.92 Å². The molecule has 2 aliphatic rings. The third kappa shape index (κ3) is 2.74. The van der Waals surface area contributed by atoms with E-state index in [4.69, 9.17) is 14.7 Å². The van der Waals surface area contributed by atoms with Gasteiger partial charge in [0.1, 0.15) is 16.5 Å². The van der Waals surface area contributed by atoms with E-state index in [2.05, 4.69) is 25.7 Å². The summed E-state index contributed by atoms with van der Waals surface area (Å²) in [5.74, 6) is 3.29. The van der Waals surface area contributed by atoms with Gasteiger partial charge in [-0.1, -0.05) is 20.8 Å². The van der Waals surface area contributed by atoms with Crippen LogP contribution in [0.15, 0.2) is 0 Å². The van der Waals surface area contributed by atoms with Crippen LogP contribution in [0, 0.1) is 5.92 Å². The minimum absolute atomic E-state index is 0.359. The van der Waals surface area contributed by atoms with Gasteiger partial charge in [0.25, 0.3) is 0 Å². The van der Waals surface area contributed by atoms with Crippen LogP contribution in [0.2, 0.25) is 0 Å². The van der Waals surface area contributed by atoms with Crippen LogP contribution in [0.4, 0.5) is 5.82 Å². The van der Waals surface area contributed by atoms with Crippen molar-refractivity contribution in [3.8, 4) is 0 Å². The number of aryl methyl sites for hydroxylation is 1. The Kier molecular flexibility index (Phi) is 4.01. The molecule has 0 spiro atoms. The quantitative estimate of drug-likeness (QED) is 0.839. The van der Waals surface area contributed by atoms with Crippen molar-refractivity contribution in [2.75, 3.05) is 31.2 Å².